The number of benzene rings is 1. The highest BCUT2D eigenvalue weighted by atomic mass is 79.9. The average molecular weight is 345 g/mol. The minimum atomic E-state index is 0.411. The van der Waals surface area contributed by atoms with E-state index < -0.39 is 0 Å². The number of rotatable bonds is 5. The quantitative estimate of drug-likeness (QED) is 0.828. The summed E-state index contributed by atoms with van der Waals surface area (Å²) in [5.74, 6) is 0.411. The summed E-state index contributed by atoms with van der Waals surface area (Å²) < 4.78 is 1.16. The standard InChI is InChI=1S/C14H15BrClNS/c1-17-8-10(6-12-7-11(15)9-18-12)13-4-2-3-5-14(13)16/h2-5,7,9-10,17H,6,8H2,1H3. The molecule has 0 aliphatic rings. The first kappa shape index (κ1) is 14.1. The van der Waals surface area contributed by atoms with Crippen LogP contribution in [0.3, 0.4) is 0 Å². The van der Waals surface area contributed by atoms with E-state index in [0.29, 0.717) is 5.92 Å². The highest BCUT2D eigenvalue weighted by Crippen LogP contribution is 2.30. The number of nitrogens with one attached hydrogen (secondary N) is 1. The van der Waals surface area contributed by atoms with Gasteiger partial charge in [-0.25, -0.2) is 0 Å². The Balaban J connectivity index is 2.20. The summed E-state index contributed by atoms with van der Waals surface area (Å²) in [6.45, 7) is 0.930. The molecular formula is C14H15BrClNS. The van der Waals surface area contributed by atoms with Gasteiger partial charge in [-0.15, -0.1) is 11.3 Å². The van der Waals surface area contributed by atoms with Gasteiger partial charge in [0.05, 0.1) is 0 Å². The lowest BCUT2D eigenvalue weighted by atomic mass is 9.95. The van der Waals surface area contributed by atoms with Gasteiger partial charge in [0.2, 0.25) is 0 Å². The van der Waals surface area contributed by atoms with Gasteiger partial charge in [0.1, 0.15) is 0 Å². The minimum absolute atomic E-state index is 0.411. The largest absolute Gasteiger partial charge is 0.319 e. The predicted molar refractivity (Wildman–Crippen MR) is 83.8 cm³/mol. The summed E-state index contributed by atoms with van der Waals surface area (Å²) >= 11 is 11.6. The van der Waals surface area contributed by atoms with Crippen molar-refractivity contribution in [3.05, 3.63) is 55.6 Å². The van der Waals surface area contributed by atoms with Gasteiger partial charge < -0.3 is 5.32 Å². The van der Waals surface area contributed by atoms with Crippen molar-refractivity contribution < 1.29 is 0 Å². The van der Waals surface area contributed by atoms with Crippen LogP contribution in [0.1, 0.15) is 16.4 Å². The van der Waals surface area contributed by atoms with Crippen LogP contribution in [0.2, 0.25) is 5.02 Å². The molecular weight excluding hydrogens is 330 g/mol. The van der Waals surface area contributed by atoms with Crippen LogP contribution in [0.25, 0.3) is 0 Å². The zero-order valence-electron chi connectivity index (χ0n) is 10.1. The molecule has 1 aromatic heterocycles. The van der Waals surface area contributed by atoms with Gasteiger partial charge in [0, 0.05) is 32.2 Å². The number of hydrogen-bond donors (Lipinski definition) is 1. The molecule has 1 aromatic carbocycles. The van der Waals surface area contributed by atoms with Crippen molar-refractivity contribution in [2.45, 2.75) is 12.3 Å². The molecule has 0 saturated carbocycles. The molecule has 0 aliphatic carbocycles. The van der Waals surface area contributed by atoms with Crippen LogP contribution in [0.4, 0.5) is 0 Å². The summed E-state index contributed by atoms with van der Waals surface area (Å²) in [7, 11) is 1.98. The molecule has 1 nitrogen and oxygen atoms in total. The average Bonchev–Trinajstić information content (AvgIpc) is 2.75. The first-order valence-electron chi connectivity index (χ1n) is 5.82. The van der Waals surface area contributed by atoms with E-state index in [4.69, 9.17) is 11.6 Å². The molecule has 0 amide bonds. The molecule has 1 N–H and O–H groups in total. The van der Waals surface area contributed by atoms with E-state index in [0.717, 1.165) is 22.5 Å². The smallest absolute Gasteiger partial charge is 0.0441 e. The maximum atomic E-state index is 6.29. The van der Waals surface area contributed by atoms with E-state index in [9.17, 15) is 0 Å². The fourth-order valence-electron chi connectivity index (χ4n) is 2.05. The van der Waals surface area contributed by atoms with E-state index in [1.54, 1.807) is 11.3 Å². The van der Waals surface area contributed by atoms with Crippen molar-refractivity contribution >= 4 is 38.9 Å². The second-order valence-corrected chi connectivity index (χ2v) is 6.53. The number of hydrogen-bond acceptors (Lipinski definition) is 2. The van der Waals surface area contributed by atoms with Crippen molar-refractivity contribution in [2.75, 3.05) is 13.6 Å². The van der Waals surface area contributed by atoms with Gasteiger partial charge in [-0.1, -0.05) is 29.8 Å². The zero-order chi connectivity index (χ0) is 13.0. The molecule has 96 valence electrons. The molecule has 0 spiro atoms. The highest BCUT2D eigenvalue weighted by molar-refractivity contribution is 9.10. The van der Waals surface area contributed by atoms with Gasteiger partial charge in [0.25, 0.3) is 0 Å². The number of halogens is 2. The molecule has 1 unspecified atom stereocenters. The van der Waals surface area contributed by atoms with E-state index in [1.807, 2.05) is 25.2 Å². The molecule has 0 aliphatic heterocycles. The van der Waals surface area contributed by atoms with Crippen LogP contribution >= 0.6 is 38.9 Å². The third kappa shape index (κ3) is 3.58. The predicted octanol–water partition coefficient (Wildman–Crippen LogP) is 4.71. The topological polar surface area (TPSA) is 12.0 Å². The van der Waals surface area contributed by atoms with Crippen LogP contribution in [-0.2, 0) is 6.42 Å². The van der Waals surface area contributed by atoms with Gasteiger partial charge in [-0.3, -0.25) is 0 Å². The van der Waals surface area contributed by atoms with Crippen LogP contribution in [0.5, 0.6) is 0 Å². The van der Waals surface area contributed by atoms with Crippen molar-refractivity contribution in [2.24, 2.45) is 0 Å². The van der Waals surface area contributed by atoms with Crippen LogP contribution < -0.4 is 5.32 Å². The second kappa shape index (κ2) is 6.71. The summed E-state index contributed by atoms with van der Waals surface area (Å²) in [5.41, 5.74) is 1.22. The summed E-state index contributed by atoms with van der Waals surface area (Å²) in [4.78, 5) is 1.38. The minimum Gasteiger partial charge on any atom is -0.319 e. The SMILES string of the molecule is CNCC(Cc1cc(Br)cs1)c1ccccc1Cl. The van der Waals surface area contributed by atoms with E-state index in [2.05, 4.69) is 38.8 Å². The van der Waals surface area contributed by atoms with Crippen molar-refractivity contribution in [1.29, 1.82) is 0 Å². The van der Waals surface area contributed by atoms with E-state index in [1.165, 1.54) is 10.4 Å². The molecule has 0 radical (unpaired) electrons. The Kier molecular flexibility index (Phi) is 5.25. The summed E-state index contributed by atoms with van der Waals surface area (Å²) in [6.07, 6.45) is 1.01. The molecule has 4 heteroatoms. The number of thiophene rings is 1. The second-order valence-electron chi connectivity index (χ2n) is 4.21. The van der Waals surface area contributed by atoms with Crippen molar-refractivity contribution in [3.8, 4) is 0 Å². The Hall–Kier alpha value is -0.350. The molecule has 2 aromatic rings. The van der Waals surface area contributed by atoms with Crippen LogP contribution in [0.15, 0.2) is 40.2 Å². The first-order valence-corrected chi connectivity index (χ1v) is 7.87. The summed E-state index contributed by atoms with van der Waals surface area (Å²) in [5, 5.41) is 6.23. The Morgan fingerprint density at radius 3 is 2.78 bits per heavy atom. The fraction of sp³-hybridized carbons (Fsp3) is 0.286. The van der Waals surface area contributed by atoms with Gasteiger partial charge in [0.15, 0.2) is 0 Å². The third-order valence-corrected chi connectivity index (χ3v) is 4.93. The molecule has 0 saturated heterocycles. The van der Waals surface area contributed by atoms with Gasteiger partial charge in [-0.2, -0.15) is 0 Å². The molecule has 0 bridgehead atoms. The molecule has 0 fully saturated rings. The zero-order valence-corrected chi connectivity index (χ0v) is 13.3. The number of likely N-dealkylation sites (N-methyl/N-ethyl adjacent to an activating group) is 1. The lowest BCUT2D eigenvalue weighted by molar-refractivity contribution is 0.630. The van der Waals surface area contributed by atoms with Crippen molar-refractivity contribution in [1.82, 2.24) is 5.32 Å². The highest BCUT2D eigenvalue weighted by Gasteiger charge is 2.15. The summed E-state index contributed by atoms with van der Waals surface area (Å²) in [6, 6.07) is 10.3. The Morgan fingerprint density at radius 2 is 2.17 bits per heavy atom. The molecule has 18 heavy (non-hydrogen) atoms. The van der Waals surface area contributed by atoms with Gasteiger partial charge >= 0.3 is 0 Å². The van der Waals surface area contributed by atoms with Crippen LogP contribution in [-0.4, -0.2) is 13.6 Å². The van der Waals surface area contributed by atoms with Crippen LogP contribution in [0, 0.1) is 0 Å². The molecule has 2 rings (SSSR count). The normalized spacial score (nSPS) is 12.6. The van der Waals surface area contributed by atoms with E-state index >= 15 is 0 Å². The fourth-order valence-corrected chi connectivity index (χ4v) is 3.87. The van der Waals surface area contributed by atoms with Crippen molar-refractivity contribution in [3.63, 3.8) is 0 Å². The Bertz CT molecular complexity index is 512. The first-order chi connectivity index (χ1) is 8.70. The third-order valence-electron chi connectivity index (χ3n) is 2.86. The Labute approximate surface area is 125 Å². The maximum Gasteiger partial charge on any atom is 0.0441 e. The lowest BCUT2D eigenvalue weighted by Gasteiger charge is -2.17. The monoisotopic (exact) mass is 343 g/mol. The van der Waals surface area contributed by atoms with Gasteiger partial charge in [-0.05, 0) is 47.1 Å². The Morgan fingerprint density at radius 1 is 1.39 bits per heavy atom. The van der Waals surface area contributed by atoms with E-state index in [-0.39, 0.29) is 0 Å². The molecule has 1 heterocycles. The maximum absolute atomic E-state index is 6.29. The molecule has 1 atom stereocenters. The lowest BCUT2D eigenvalue weighted by Crippen LogP contribution is -2.19.